The summed E-state index contributed by atoms with van der Waals surface area (Å²) >= 11 is 0. The zero-order valence-electron chi connectivity index (χ0n) is 16.6. The Bertz CT molecular complexity index is 490. The molecule has 0 aromatic rings. The lowest BCUT2D eigenvalue weighted by molar-refractivity contribution is -0.0615. The largest absolute Gasteiger partial charge is 0.396 e. The first-order valence-electron chi connectivity index (χ1n) is 10.5. The summed E-state index contributed by atoms with van der Waals surface area (Å²) in [6.07, 6.45) is 11.8. The molecule has 3 saturated carbocycles. The monoisotopic (exact) mass is 354 g/mol. The van der Waals surface area contributed by atoms with Crippen molar-refractivity contribution in [1.82, 2.24) is 0 Å². The number of aliphatic hydroxyl groups excluding tert-OH is 2. The minimum atomic E-state index is -0.196. The summed E-state index contributed by atoms with van der Waals surface area (Å²) in [7, 11) is 0. The summed E-state index contributed by atoms with van der Waals surface area (Å²) in [5, 5.41) is 19.8. The van der Waals surface area contributed by atoms with Gasteiger partial charge in [0.1, 0.15) is 0 Å². The Morgan fingerprint density at radius 3 is 2.40 bits per heavy atom. The molecule has 2 nitrogen and oxygen atoms in total. The number of aliphatic hydroxyl groups is 2. The normalized spacial score (nSPS) is 47.9. The second-order valence-corrected chi connectivity index (χ2v) is 9.13. The Morgan fingerprint density at radius 2 is 1.72 bits per heavy atom. The molecule has 4 aliphatic rings. The van der Waals surface area contributed by atoms with E-state index in [1.807, 2.05) is 13.8 Å². The average Bonchev–Trinajstić information content (AvgIpc) is 2.93. The number of hydrogen-bond donors (Lipinski definition) is 2. The molecule has 7 atom stereocenters. The third-order valence-corrected chi connectivity index (χ3v) is 8.51. The van der Waals surface area contributed by atoms with Crippen LogP contribution in [0.4, 0.5) is 4.70 Å². The molecule has 7 unspecified atom stereocenters. The minimum absolute atomic E-state index is 0. The summed E-state index contributed by atoms with van der Waals surface area (Å²) in [5.41, 5.74) is 2.30. The van der Waals surface area contributed by atoms with Crippen molar-refractivity contribution >= 4 is 0 Å². The van der Waals surface area contributed by atoms with E-state index in [1.54, 1.807) is 5.57 Å². The van der Waals surface area contributed by atoms with Crippen molar-refractivity contribution in [3.05, 3.63) is 11.6 Å². The van der Waals surface area contributed by atoms with Crippen LogP contribution >= 0.6 is 0 Å². The maximum absolute atomic E-state index is 10.0. The molecule has 0 spiro atoms. The van der Waals surface area contributed by atoms with E-state index in [2.05, 4.69) is 19.9 Å². The fourth-order valence-electron chi connectivity index (χ4n) is 7.12. The average molecular weight is 355 g/mol. The van der Waals surface area contributed by atoms with Crippen LogP contribution in [0.15, 0.2) is 11.6 Å². The predicted molar refractivity (Wildman–Crippen MR) is 102 cm³/mol. The van der Waals surface area contributed by atoms with Crippen LogP contribution in [0.3, 0.4) is 0 Å². The van der Waals surface area contributed by atoms with E-state index in [4.69, 9.17) is 0 Å². The van der Waals surface area contributed by atoms with E-state index in [0.717, 1.165) is 24.2 Å². The van der Waals surface area contributed by atoms with Gasteiger partial charge in [0, 0.05) is 6.61 Å². The zero-order valence-corrected chi connectivity index (χ0v) is 16.6. The first kappa shape index (κ1) is 20.9. The van der Waals surface area contributed by atoms with Crippen molar-refractivity contribution in [3.63, 3.8) is 0 Å². The summed E-state index contributed by atoms with van der Waals surface area (Å²) < 4.78 is 0. The van der Waals surface area contributed by atoms with E-state index >= 15 is 0 Å². The Hall–Kier alpha value is -0.410. The number of halogens is 1. The summed E-state index contributed by atoms with van der Waals surface area (Å²) in [5.74, 6) is 3.04. The lowest BCUT2D eigenvalue weighted by Gasteiger charge is -2.58. The van der Waals surface area contributed by atoms with Crippen molar-refractivity contribution in [2.45, 2.75) is 85.2 Å². The maximum atomic E-state index is 10.0. The van der Waals surface area contributed by atoms with Crippen LogP contribution < -0.4 is 0 Å². The number of rotatable bonds is 1. The quantitative estimate of drug-likeness (QED) is 0.643. The molecule has 4 aliphatic carbocycles. The standard InChI is InChI=1S/C20H32O2.C2H6.FH/c1-19-9-7-15(22)11-13(19)3-5-16-17-6-4-14(12-21)20(17,2)10-8-18(16)19;1-2;/h11,14-18,21-22H,3-10,12H2,1-2H3;1-2H3;1H. The fraction of sp³-hybridized carbons (Fsp3) is 0.909. The molecule has 25 heavy (non-hydrogen) atoms. The Kier molecular flexibility index (Phi) is 6.42. The van der Waals surface area contributed by atoms with Gasteiger partial charge in [-0.3, -0.25) is 4.70 Å². The van der Waals surface area contributed by atoms with Gasteiger partial charge >= 0.3 is 0 Å². The van der Waals surface area contributed by atoms with Gasteiger partial charge in [-0.2, -0.15) is 0 Å². The molecular formula is C22H39FO2. The molecule has 0 radical (unpaired) electrons. The van der Waals surface area contributed by atoms with Crippen molar-refractivity contribution < 1.29 is 14.9 Å². The molecule has 0 aromatic heterocycles. The lowest BCUT2D eigenvalue weighted by atomic mass is 9.47. The molecule has 0 heterocycles. The molecular weight excluding hydrogens is 315 g/mol. The molecule has 0 bridgehead atoms. The van der Waals surface area contributed by atoms with Crippen LogP contribution in [0.2, 0.25) is 0 Å². The molecule has 0 amide bonds. The van der Waals surface area contributed by atoms with Gasteiger partial charge in [0.2, 0.25) is 0 Å². The third kappa shape index (κ3) is 3.10. The fourth-order valence-corrected chi connectivity index (χ4v) is 7.12. The zero-order chi connectivity index (χ0) is 17.5. The van der Waals surface area contributed by atoms with Crippen LogP contribution in [0.1, 0.15) is 79.1 Å². The first-order chi connectivity index (χ1) is 11.5. The second kappa shape index (κ2) is 7.68. The van der Waals surface area contributed by atoms with Crippen LogP contribution in [-0.4, -0.2) is 22.9 Å². The summed E-state index contributed by atoms with van der Waals surface area (Å²) in [6, 6.07) is 0. The molecule has 3 fully saturated rings. The highest BCUT2D eigenvalue weighted by molar-refractivity contribution is 5.25. The lowest BCUT2D eigenvalue weighted by Crippen LogP contribution is -2.50. The van der Waals surface area contributed by atoms with Gasteiger partial charge in [-0.25, -0.2) is 0 Å². The molecule has 0 saturated heterocycles. The van der Waals surface area contributed by atoms with E-state index in [0.29, 0.717) is 23.4 Å². The van der Waals surface area contributed by atoms with Gasteiger partial charge in [0.15, 0.2) is 0 Å². The number of allylic oxidation sites excluding steroid dienone is 1. The predicted octanol–water partition coefficient (Wildman–Crippen LogP) is 5.10. The van der Waals surface area contributed by atoms with Crippen LogP contribution in [0.5, 0.6) is 0 Å². The van der Waals surface area contributed by atoms with Crippen LogP contribution in [-0.2, 0) is 0 Å². The van der Waals surface area contributed by atoms with Gasteiger partial charge in [-0.15, -0.1) is 0 Å². The van der Waals surface area contributed by atoms with Crippen LogP contribution in [0, 0.1) is 34.5 Å². The molecule has 3 heteroatoms. The van der Waals surface area contributed by atoms with Gasteiger partial charge in [-0.1, -0.05) is 39.3 Å². The van der Waals surface area contributed by atoms with Gasteiger partial charge < -0.3 is 10.2 Å². The van der Waals surface area contributed by atoms with Crippen molar-refractivity contribution in [1.29, 1.82) is 0 Å². The summed E-state index contributed by atoms with van der Waals surface area (Å²) in [6.45, 7) is 9.35. The maximum Gasteiger partial charge on any atom is 0.0724 e. The number of fused-ring (bicyclic) bond motifs is 5. The molecule has 0 aromatic carbocycles. The molecule has 146 valence electrons. The van der Waals surface area contributed by atoms with Gasteiger partial charge in [0.05, 0.1) is 6.10 Å². The van der Waals surface area contributed by atoms with Gasteiger partial charge in [-0.05, 0) is 85.9 Å². The van der Waals surface area contributed by atoms with Crippen molar-refractivity contribution in [2.24, 2.45) is 34.5 Å². The number of hydrogen-bond acceptors (Lipinski definition) is 2. The first-order valence-corrected chi connectivity index (χ1v) is 10.5. The smallest absolute Gasteiger partial charge is 0.0724 e. The Labute approximate surface area is 153 Å². The second-order valence-electron chi connectivity index (χ2n) is 9.13. The molecule has 2 N–H and O–H groups in total. The van der Waals surface area contributed by atoms with Crippen molar-refractivity contribution in [3.8, 4) is 0 Å². The summed E-state index contributed by atoms with van der Waals surface area (Å²) in [4.78, 5) is 0. The molecule has 4 rings (SSSR count). The van der Waals surface area contributed by atoms with Crippen molar-refractivity contribution in [2.75, 3.05) is 6.61 Å². The van der Waals surface area contributed by atoms with E-state index in [9.17, 15) is 10.2 Å². The highest BCUT2D eigenvalue weighted by Gasteiger charge is 2.58. The SMILES string of the molecule is CC.CC12CCC(O)C=C1CCC1C2CCC2(C)C(CO)CCC12.F. The Morgan fingerprint density at radius 1 is 1.00 bits per heavy atom. The molecule has 0 aliphatic heterocycles. The van der Waals surface area contributed by atoms with E-state index in [-0.39, 0.29) is 10.8 Å². The van der Waals surface area contributed by atoms with Gasteiger partial charge in [0.25, 0.3) is 0 Å². The minimum Gasteiger partial charge on any atom is -0.396 e. The third-order valence-electron chi connectivity index (χ3n) is 8.51. The van der Waals surface area contributed by atoms with E-state index < -0.39 is 0 Å². The topological polar surface area (TPSA) is 40.5 Å². The Balaban J connectivity index is 0.000000726. The highest BCUT2D eigenvalue weighted by Crippen LogP contribution is 2.66. The van der Waals surface area contributed by atoms with Crippen LogP contribution in [0.25, 0.3) is 0 Å². The highest BCUT2D eigenvalue weighted by atomic mass is 19.0. The van der Waals surface area contributed by atoms with E-state index in [1.165, 1.54) is 44.9 Å².